The van der Waals surface area contributed by atoms with E-state index in [9.17, 15) is 19.2 Å². The van der Waals surface area contributed by atoms with Gasteiger partial charge in [-0.3, -0.25) is 19.2 Å². The molecule has 0 radical (unpaired) electrons. The van der Waals surface area contributed by atoms with Crippen molar-refractivity contribution in [2.45, 2.75) is 58.4 Å². The van der Waals surface area contributed by atoms with Crippen molar-refractivity contribution in [1.29, 1.82) is 0 Å². The fourth-order valence-electron chi connectivity index (χ4n) is 2.93. The maximum Gasteiger partial charge on any atom is 0.303 e. The molecule has 0 N–H and O–H groups in total. The third-order valence-corrected chi connectivity index (χ3v) is 4.27. The molecule has 1 saturated heterocycles. The largest absolute Gasteiger partial charge is 0.463 e. The van der Waals surface area contributed by atoms with Crippen molar-refractivity contribution in [1.82, 2.24) is 0 Å². The highest BCUT2D eigenvalue weighted by Gasteiger charge is 2.53. The van der Waals surface area contributed by atoms with Crippen LogP contribution in [-0.2, 0) is 42.9 Å². The summed E-state index contributed by atoms with van der Waals surface area (Å²) in [4.78, 5) is 46.5. The Morgan fingerprint density at radius 1 is 0.806 bits per heavy atom. The molecule has 2 rings (SSSR count). The Hall–Kier alpha value is -2.85. The van der Waals surface area contributed by atoms with Crippen molar-refractivity contribution in [2.75, 3.05) is 6.61 Å². The zero-order valence-corrected chi connectivity index (χ0v) is 18.1. The Morgan fingerprint density at radius 3 is 1.84 bits per heavy atom. The van der Waals surface area contributed by atoms with Gasteiger partial charge in [0, 0.05) is 32.7 Å². The second kappa shape index (κ2) is 11.0. The van der Waals surface area contributed by atoms with Gasteiger partial charge in [0.05, 0.1) is 0 Å². The van der Waals surface area contributed by atoms with Crippen LogP contribution >= 0.6 is 11.6 Å². The summed E-state index contributed by atoms with van der Waals surface area (Å²) in [5, 5.41) is 0.467. The van der Waals surface area contributed by atoms with Crippen LogP contribution in [0.15, 0.2) is 24.3 Å². The lowest BCUT2D eigenvalue weighted by Crippen LogP contribution is -2.63. The number of carbonyl (C=O) groups is 4. The fraction of sp³-hybridized carbons (Fsp3) is 0.500. The van der Waals surface area contributed by atoms with Gasteiger partial charge in [-0.15, -0.1) is 0 Å². The van der Waals surface area contributed by atoms with Gasteiger partial charge < -0.3 is 28.4 Å². The molecular weight excluding hydrogens is 436 g/mol. The van der Waals surface area contributed by atoms with Crippen molar-refractivity contribution < 1.29 is 47.6 Å². The zero-order valence-electron chi connectivity index (χ0n) is 17.4. The standard InChI is InChI=1S/C20H23ClO10/c1-10(22)26-9-16-17(27-11(2)23)18(28-12(3)24)19(29-13(4)25)20(31-16)30-15-7-5-14(21)6-8-15/h5-8,16-20H,9H2,1-4H3/t16-,17-,18+,19-,20+/m0/s1. The molecule has 0 spiro atoms. The van der Waals surface area contributed by atoms with Crippen LogP contribution in [0.1, 0.15) is 27.7 Å². The summed E-state index contributed by atoms with van der Waals surface area (Å²) in [7, 11) is 0. The number of hydrogen-bond acceptors (Lipinski definition) is 10. The maximum absolute atomic E-state index is 11.8. The minimum absolute atomic E-state index is 0.310. The molecule has 1 aromatic carbocycles. The third kappa shape index (κ3) is 7.41. The first-order valence-electron chi connectivity index (χ1n) is 9.29. The molecule has 1 aromatic rings. The van der Waals surface area contributed by atoms with Gasteiger partial charge in [0.2, 0.25) is 12.4 Å². The van der Waals surface area contributed by atoms with Crippen LogP contribution in [0.5, 0.6) is 5.75 Å². The Balaban J connectivity index is 2.43. The van der Waals surface area contributed by atoms with Gasteiger partial charge in [0.1, 0.15) is 18.5 Å². The number of halogens is 1. The molecule has 0 aromatic heterocycles. The average Bonchev–Trinajstić information content (AvgIpc) is 2.65. The van der Waals surface area contributed by atoms with Crippen molar-refractivity contribution in [2.24, 2.45) is 0 Å². The summed E-state index contributed by atoms with van der Waals surface area (Å²) < 4.78 is 32.5. The summed E-state index contributed by atoms with van der Waals surface area (Å²) >= 11 is 5.88. The number of carbonyl (C=O) groups excluding carboxylic acids is 4. The van der Waals surface area contributed by atoms with E-state index in [0.717, 1.165) is 20.8 Å². The highest BCUT2D eigenvalue weighted by molar-refractivity contribution is 6.30. The number of hydrogen-bond donors (Lipinski definition) is 0. The van der Waals surface area contributed by atoms with Crippen LogP contribution in [0, 0.1) is 0 Å². The predicted octanol–water partition coefficient (Wildman–Crippen LogP) is 1.80. The number of ether oxygens (including phenoxy) is 6. The number of benzene rings is 1. The van der Waals surface area contributed by atoms with Crippen molar-refractivity contribution in [3.8, 4) is 5.75 Å². The highest BCUT2D eigenvalue weighted by Crippen LogP contribution is 2.31. The maximum atomic E-state index is 11.8. The molecule has 1 aliphatic heterocycles. The second-order valence-corrected chi connectivity index (χ2v) is 7.08. The monoisotopic (exact) mass is 458 g/mol. The molecule has 31 heavy (non-hydrogen) atoms. The third-order valence-electron chi connectivity index (χ3n) is 4.01. The van der Waals surface area contributed by atoms with E-state index < -0.39 is 54.6 Å². The number of esters is 4. The molecule has 170 valence electrons. The van der Waals surface area contributed by atoms with Gasteiger partial charge in [0.25, 0.3) is 0 Å². The lowest BCUT2D eigenvalue weighted by Gasteiger charge is -2.43. The molecule has 0 amide bonds. The van der Waals surface area contributed by atoms with Gasteiger partial charge in [-0.2, -0.15) is 0 Å². The van der Waals surface area contributed by atoms with Gasteiger partial charge in [0.15, 0.2) is 12.2 Å². The molecule has 0 bridgehead atoms. The molecule has 0 unspecified atom stereocenters. The van der Waals surface area contributed by atoms with E-state index >= 15 is 0 Å². The van der Waals surface area contributed by atoms with Gasteiger partial charge in [-0.1, -0.05) is 11.6 Å². The van der Waals surface area contributed by atoms with Gasteiger partial charge >= 0.3 is 23.9 Å². The lowest BCUT2D eigenvalue weighted by atomic mass is 9.98. The Kier molecular flexibility index (Phi) is 8.64. The summed E-state index contributed by atoms with van der Waals surface area (Å²) in [5.41, 5.74) is 0. The molecule has 10 nitrogen and oxygen atoms in total. The molecule has 0 saturated carbocycles. The van der Waals surface area contributed by atoms with Crippen molar-refractivity contribution in [3.05, 3.63) is 29.3 Å². The van der Waals surface area contributed by atoms with Gasteiger partial charge in [-0.05, 0) is 24.3 Å². The smallest absolute Gasteiger partial charge is 0.303 e. The normalized spacial score (nSPS) is 25.1. The van der Waals surface area contributed by atoms with Crippen LogP contribution in [0.4, 0.5) is 0 Å². The van der Waals surface area contributed by atoms with Crippen molar-refractivity contribution >= 4 is 35.5 Å². The molecule has 5 atom stereocenters. The first kappa shape index (κ1) is 24.4. The van der Waals surface area contributed by atoms with E-state index in [2.05, 4.69) is 0 Å². The summed E-state index contributed by atoms with van der Waals surface area (Å²) in [6.45, 7) is 4.29. The molecule has 11 heteroatoms. The molecule has 1 aliphatic rings. The Bertz CT molecular complexity index is 809. The first-order valence-corrected chi connectivity index (χ1v) is 9.67. The quantitative estimate of drug-likeness (QED) is 0.441. The Labute approximate surface area is 183 Å². The van der Waals surface area contributed by atoms with Crippen LogP contribution < -0.4 is 4.74 Å². The van der Waals surface area contributed by atoms with Crippen LogP contribution in [0.2, 0.25) is 5.02 Å². The van der Waals surface area contributed by atoms with Gasteiger partial charge in [-0.25, -0.2) is 0 Å². The van der Waals surface area contributed by atoms with E-state index in [1.54, 1.807) is 24.3 Å². The molecule has 1 fully saturated rings. The average molecular weight is 459 g/mol. The Morgan fingerprint density at radius 2 is 1.32 bits per heavy atom. The molecule has 1 heterocycles. The van der Waals surface area contributed by atoms with Crippen LogP contribution in [0.3, 0.4) is 0 Å². The van der Waals surface area contributed by atoms with E-state index in [4.69, 9.17) is 40.0 Å². The van der Waals surface area contributed by atoms with E-state index in [1.165, 1.54) is 6.92 Å². The summed E-state index contributed by atoms with van der Waals surface area (Å²) in [5.74, 6) is -2.44. The SMILES string of the molecule is CC(=O)OC[C@@H]1O[C@@H](Oc2ccc(Cl)cc2)[C@@H](OC(C)=O)[C@H](OC(C)=O)[C@H]1OC(C)=O. The second-order valence-electron chi connectivity index (χ2n) is 6.64. The minimum atomic E-state index is -1.30. The van der Waals surface area contributed by atoms with E-state index in [1.807, 2.05) is 0 Å². The van der Waals surface area contributed by atoms with Crippen molar-refractivity contribution in [3.63, 3.8) is 0 Å². The fourth-order valence-corrected chi connectivity index (χ4v) is 3.06. The van der Waals surface area contributed by atoms with E-state index in [0.29, 0.717) is 10.8 Å². The minimum Gasteiger partial charge on any atom is -0.463 e. The topological polar surface area (TPSA) is 124 Å². The summed E-state index contributed by atoms with van der Waals surface area (Å²) in [6.07, 6.45) is -6.20. The van der Waals surface area contributed by atoms with E-state index in [-0.39, 0.29) is 6.61 Å². The molecule has 0 aliphatic carbocycles. The van der Waals surface area contributed by atoms with Crippen LogP contribution in [0.25, 0.3) is 0 Å². The first-order chi connectivity index (χ1) is 14.6. The predicted molar refractivity (Wildman–Crippen MR) is 104 cm³/mol. The molecular formula is C20H23ClO10. The zero-order chi connectivity index (χ0) is 23.1. The highest BCUT2D eigenvalue weighted by atomic mass is 35.5. The summed E-state index contributed by atoms with van der Waals surface area (Å²) in [6, 6.07) is 6.25. The van der Waals surface area contributed by atoms with Crippen LogP contribution in [-0.4, -0.2) is 61.2 Å². The number of rotatable bonds is 7. The lowest BCUT2D eigenvalue weighted by molar-refractivity contribution is -0.288.